The van der Waals surface area contributed by atoms with E-state index in [4.69, 9.17) is 0 Å². The second-order valence-electron chi connectivity index (χ2n) is 3.57. The van der Waals surface area contributed by atoms with E-state index in [1.54, 1.807) is 0 Å². The molecule has 21 heavy (non-hydrogen) atoms. The standard InChI is InChI=1S/C11H7F4N3O2S/c12-7(13)9-17-18-11(21-9)16-8(19)5-3-1-2-4-6(5)20-10(14)15/h1-4,7,10H,(H,16,18,19). The Hall–Kier alpha value is -2.23. The first-order valence-electron chi connectivity index (χ1n) is 5.44. The van der Waals surface area contributed by atoms with Crippen LogP contribution >= 0.6 is 11.3 Å². The number of hydrogen-bond donors (Lipinski definition) is 1. The van der Waals surface area contributed by atoms with Crippen LogP contribution in [0.2, 0.25) is 0 Å². The lowest BCUT2D eigenvalue weighted by molar-refractivity contribution is -0.0501. The van der Waals surface area contributed by atoms with Gasteiger partial charge < -0.3 is 4.74 Å². The van der Waals surface area contributed by atoms with E-state index >= 15 is 0 Å². The summed E-state index contributed by atoms with van der Waals surface area (Å²) in [6, 6.07) is 5.29. The summed E-state index contributed by atoms with van der Waals surface area (Å²) in [5.74, 6) is -1.15. The molecule has 2 aromatic rings. The number of halogens is 4. The molecule has 0 aliphatic rings. The molecule has 0 unspecified atom stereocenters. The summed E-state index contributed by atoms with van der Waals surface area (Å²) in [7, 11) is 0. The Morgan fingerprint density at radius 2 is 1.90 bits per heavy atom. The van der Waals surface area contributed by atoms with Gasteiger partial charge in [0.25, 0.3) is 12.3 Å². The first-order chi connectivity index (χ1) is 9.97. The number of hydrogen-bond acceptors (Lipinski definition) is 5. The van der Waals surface area contributed by atoms with Crippen molar-refractivity contribution in [3.8, 4) is 5.75 Å². The van der Waals surface area contributed by atoms with E-state index in [1.807, 2.05) is 0 Å². The summed E-state index contributed by atoms with van der Waals surface area (Å²) in [5, 5.41) is 8.02. The molecule has 10 heteroatoms. The molecule has 5 nitrogen and oxygen atoms in total. The van der Waals surface area contributed by atoms with Gasteiger partial charge in [0.05, 0.1) is 5.56 Å². The van der Waals surface area contributed by atoms with Gasteiger partial charge >= 0.3 is 6.61 Å². The van der Waals surface area contributed by atoms with Crippen molar-refractivity contribution in [2.75, 3.05) is 5.32 Å². The predicted molar refractivity (Wildman–Crippen MR) is 65.9 cm³/mol. The Labute approximate surface area is 119 Å². The minimum atomic E-state index is -3.09. The molecule has 0 radical (unpaired) electrons. The first-order valence-corrected chi connectivity index (χ1v) is 6.25. The van der Waals surface area contributed by atoms with Crippen LogP contribution in [0.4, 0.5) is 22.7 Å². The highest BCUT2D eigenvalue weighted by molar-refractivity contribution is 7.15. The molecule has 0 saturated carbocycles. The van der Waals surface area contributed by atoms with Gasteiger partial charge in [-0.05, 0) is 12.1 Å². The summed E-state index contributed by atoms with van der Waals surface area (Å²) in [5.41, 5.74) is -0.174. The van der Waals surface area contributed by atoms with Gasteiger partial charge in [-0.3, -0.25) is 10.1 Å². The van der Waals surface area contributed by atoms with Crippen LogP contribution < -0.4 is 10.1 Å². The fraction of sp³-hybridized carbons (Fsp3) is 0.182. The smallest absolute Gasteiger partial charge is 0.387 e. The van der Waals surface area contributed by atoms with Gasteiger partial charge in [-0.25, -0.2) is 8.78 Å². The largest absolute Gasteiger partial charge is 0.434 e. The highest BCUT2D eigenvalue weighted by Gasteiger charge is 2.19. The van der Waals surface area contributed by atoms with Gasteiger partial charge in [-0.15, -0.1) is 10.2 Å². The number of nitrogens with one attached hydrogen (secondary N) is 1. The van der Waals surface area contributed by atoms with Gasteiger partial charge in [0.2, 0.25) is 5.13 Å². The summed E-state index contributed by atoms with van der Waals surface area (Å²) in [6.45, 7) is -3.09. The number of rotatable bonds is 5. The number of ether oxygens (including phenoxy) is 1. The zero-order valence-corrected chi connectivity index (χ0v) is 10.9. The third kappa shape index (κ3) is 3.88. The molecule has 0 bridgehead atoms. The number of benzene rings is 1. The van der Waals surface area contributed by atoms with Crippen molar-refractivity contribution in [2.24, 2.45) is 0 Å². The summed E-state index contributed by atoms with van der Waals surface area (Å²) in [6.07, 6.45) is -2.80. The highest BCUT2D eigenvalue weighted by Crippen LogP contribution is 2.26. The molecule has 1 aromatic carbocycles. The Kier molecular flexibility index (Phi) is 4.68. The average Bonchev–Trinajstić information content (AvgIpc) is 2.87. The molecule has 112 valence electrons. The summed E-state index contributed by atoms with van der Waals surface area (Å²) in [4.78, 5) is 11.9. The van der Waals surface area contributed by atoms with Crippen LogP contribution in [0.25, 0.3) is 0 Å². The quantitative estimate of drug-likeness (QED) is 0.858. The van der Waals surface area contributed by atoms with Crippen LogP contribution in [0, 0.1) is 0 Å². The highest BCUT2D eigenvalue weighted by atomic mass is 32.1. The fourth-order valence-corrected chi connectivity index (χ4v) is 1.98. The van der Waals surface area contributed by atoms with E-state index in [9.17, 15) is 22.4 Å². The van der Waals surface area contributed by atoms with Crippen molar-refractivity contribution in [3.63, 3.8) is 0 Å². The number of alkyl halides is 4. The lowest BCUT2D eigenvalue weighted by atomic mass is 10.2. The molecule has 0 spiro atoms. The normalized spacial score (nSPS) is 11.0. The molecule has 0 aliphatic carbocycles. The lowest BCUT2D eigenvalue weighted by Gasteiger charge is -2.09. The van der Waals surface area contributed by atoms with Crippen molar-refractivity contribution >= 4 is 22.4 Å². The molecule has 0 fully saturated rings. The number of carbonyl (C=O) groups excluding carboxylic acids is 1. The number of anilines is 1. The van der Waals surface area contributed by atoms with Crippen molar-refractivity contribution in [1.29, 1.82) is 0 Å². The van der Waals surface area contributed by atoms with Crippen LogP contribution in [0.15, 0.2) is 24.3 Å². The van der Waals surface area contributed by atoms with E-state index < -0.39 is 24.0 Å². The van der Waals surface area contributed by atoms with Crippen LogP contribution in [-0.4, -0.2) is 22.7 Å². The van der Waals surface area contributed by atoms with Crippen molar-refractivity contribution in [2.45, 2.75) is 13.0 Å². The van der Waals surface area contributed by atoms with E-state index in [0.29, 0.717) is 11.3 Å². The second-order valence-corrected chi connectivity index (χ2v) is 4.58. The van der Waals surface area contributed by atoms with Gasteiger partial charge in [0.15, 0.2) is 5.01 Å². The zero-order chi connectivity index (χ0) is 15.4. The van der Waals surface area contributed by atoms with Gasteiger partial charge in [-0.2, -0.15) is 8.78 Å². The summed E-state index contributed by atoms with van der Waals surface area (Å²) < 4.78 is 53.3. The monoisotopic (exact) mass is 321 g/mol. The van der Waals surface area contributed by atoms with Gasteiger partial charge in [0, 0.05) is 0 Å². The van der Waals surface area contributed by atoms with Crippen LogP contribution in [0.5, 0.6) is 5.75 Å². The zero-order valence-electron chi connectivity index (χ0n) is 10.1. The van der Waals surface area contributed by atoms with E-state index in [1.165, 1.54) is 24.3 Å². The van der Waals surface area contributed by atoms with E-state index in [2.05, 4.69) is 20.3 Å². The third-order valence-electron chi connectivity index (χ3n) is 2.20. The molecular weight excluding hydrogens is 314 g/mol. The molecule has 1 amide bonds. The first kappa shape index (κ1) is 15.2. The minimum absolute atomic E-state index is 0.165. The number of nitrogens with zero attached hydrogens (tertiary/aromatic N) is 2. The molecule has 0 atom stereocenters. The van der Waals surface area contributed by atoms with Crippen molar-refractivity contribution in [3.05, 3.63) is 34.8 Å². The molecule has 1 N–H and O–H groups in total. The summed E-state index contributed by atoms with van der Waals surface area (Å²) >= 11 is 0.491. The molecule has 0 saturated heterocycles. The number of para-hydroxylation sites is 1. The molecule has 2 rings (SSSR count). The third-order valence-corrected chi connectivity index (χ3v) is 3.04. The number of carbonyl (C=O) groups is 1. The molecular formula is C11H7F4N3O2S. The molecule has 0 aliphatic heterocycles. The van der Waals surface area contributed by atoms with Crippen LogP contribution in [-0.2, 0) is 0 Å². The minimum Gasteiger partial charge on any atom is -0.434 e. The van der Waals surface area contributed by atoms with E-state index in [0.717, 1.165) is 0 Å². The maximum Gasteiger partial charge on any atom is 0.387 e. The maximum absolute atomic E-state index is 12.3. The van der Waals surface area contributed by atoms with Crippen molar-refractivity contribution < 1.29 is 27.1 Å². The van der Waals surface area contributed by atoms with Crippen LogP contribution in [0.3, 0.4) is 0 Å². The predicted octanol–water partition coefficient (Wildman–Crippen LogP) is 3.33. The van der Waals surface area contributed by atoms with Crippen LogP contribution in [0.1, 0.15) is 21.8 Å². The van der Waals surface area contributed by atoms with Crippen molar-refractivity contribution in [1.82, 2.24) is 10.2 Å². The average molecular weight is 321 g/mol. The topological polar surface area (TPSA) is 64.1 Å². The Balaban J connectivity index is 2.16. The van der Waals surface area contributed by atoms with Gasteiger partial charge in [-0.1, -0.05) is 23.5 Å². The maximum atomic E-state index is 12.3. The fourth-order valence-electron chi connectivity index (χ4n) is 1.39. The lowest BCUT2D eigenvalue weighted by Crippen LogP contribution is -2.14. The van der Waals surface area contributed by atoms with E-state index in [-0.39, 0.29) is 16.4 Å². The second kappa shape index (κ2) is 6.48. The Bertz CT molecular complexity index is 635. The number of amides is 1. The molecule has 1 aromatic heterocycles. The molecule has 1 heterocycles. The Morgan fingerprint density at radius 1 is 1.19 bits per heavy atom. The number of aromatic nitrogens is 2. The van der Waals surface area contributed by atoms with Gasteiger partial charge in [0.1, 0.15) is 5.75 Å². The Morgan fingerprint density at radius 3 is 2.52 bits per heavy atom. The SMILES string of the molecule is O=C(Nc1nnc(C(F)F)s1)c1ccccc1OC(F)F.